The summed E-state index contributed by atoms with van der Waals surface area (Å²) in [6.45, 7) is 10.3. The Hall–Kier alpha value is -0.570. The van der Waals surface area contributed by atoms with Crippen molar-refractivity contribution in [1.29, 1.82) is 0 Å². The minimum atomic E-state index is -0.732. The summed E-state index contributed by atoms with van der Waals surface area (Å²) in [5, 5.41) is 9.02. The Morgan fingerprint density at radius 3 is 2.14 bits per heavy atom. The molecule has 84 valence electrons. The van der Waals surface area contributed by atoms with Gasteiger partial charge in [-0.05, 0) is 25.7 Å². The zero-order valence-corrected chi connectivity index (χ0v) is 9.83. The van der Waals surface area contributed by atoms with Crippen LogP contribution in [-0.2, 0) is 9.53 Å². The van der Waals surface area contributed by atoms with Gasteiger partial charge in [-0.3, -0.25) is 4.79 Å². The van der Waals surface area contributed by atoms with Gasteiger partial charge in [0.15, 0.2) is 0 Å². The molecule has 0 aromatic carbocycles. The molecule has 0 aliphatic heterocycles. The number of hydrogen-bond acceptors (Lipinski definition) is 2. The average Bonchev–Trinajstić information content (AvgIpc) is 1.94. The van der Waals surface area contributed by atoms with E-state index in [1.807, 2.05) is 34.6 Å². The minimum absolute atomic E-state index is 0.171. The summed E-state index contributed by atoms with van der Waals surface area (Å²) in [5.41, 5.74) is -0.202. The molecule has 3 nitrogen and oxygen atoms in total. The summed E-state index contributed by atoms with van der Waals surface area (Å²) < 4.78 is 5.35. The van der Waals surface area contributed by atoms with Crippen LogP contribution in [0.3, 0.4) is 0 Å². The standard InChI is InChI=1S/C11H22O3/c1-8(2)14-7-6-9(10(12)13)11(3,4)5/h8-9H,6-7H2,1-5H3,(H,12,13). The fourth-order valence-corrected chi connectivity index (χ4v) is 1.35. The first-order valence-electron chi connectivity index (χ1n) is 5.09. The maximum absolute atomic E-state index is 11.0. The first-order chi connectivity index (χ1) is 6.25. The summed E-state index contributed by atoms with van der Waals surface area (Å²) >= 11 is 0. The predicted molar refractivity (Wildman–Crippen MR) is 56.3 cm³/mol. The average molecular weight is 202 g/mol. The van der Waals surface area contributed by atoms with Gasteiger partial charge in [0.25, 0.3) is 0 Å². The van der Waals surface area contributed by atoms with Gasteiger partial charge < -0.3 is 9.84 Å². The van der Waals surface area contributed by atoms with E-state index < -0.39 is 5.97 Å². The zero-order valence-electron chi connectivity index (χ0n) is 9.83. The second-order valence-electron chi connectivity index (χ2n) is 4.97. The Morgan fingerprint density at radius 2 is 1.86 bits per heavy atom. The molecule has 0 rings (SSSR count). The van der Waals surface area contributed by atoms with Gasteiger partial charge >= 0.3 is 5.97 Å². The van der Waals surface area contributed by atoms with Crippen LogP contribution in [0.1, 0.15) is 41.0 Å². The molecular weight excluding hydrogens is 180 g/mol. The van der Waals surface area contributed by atoms with Gasteiger partial charge in [-0.2, -0.15) is 0 Å². The lowest BCUT2D eigenvalue weighted by atomic mass is 9.79. The highest BCUT2D eigenvalue weighted by Gasteiger charge is 2.30. The highest BCUT2D eigenvalue weighted by molar-refractivity contribution is 5.70. The molecule has 0 amide bonds. The third kappa shape index (κ3) is 5.22. The summed E-state index contributed by atoms with van der Waals surface area (Å²) in [6.07, 6.45) is 0.751. The minimum Gasteiger partial charge on any atom is -0.481 e. The molecule has 0 saturated carbocycles. The number of rotatable bonds is 5. The Kier molecular flexibility index (Phi) is 5.13. The van der Waals surface area contributed by atoms with E-state index in [-0.39, 0.29) is 17.4 Å². The normalized spacial score (nSPS) is 14.4. The molecule has 0 radical (unpaired) electrons. The molecule has 0 aliphatic rings. The number of carbonyl (C=O) groups is 1. The molecule has 3 heteroatoms. The Bertz CT molecular complexity index is 179. The van der Waals surface area contributed by atoms with E-state index in [4.69, 9.17) is 9.84 Å². The van der Waals surface area contributed by atoms with E-state index in [0.29, 0.717) is 13.0 Å². The van der Waals surface area contributed by atoms with Gasteiger partial charge in [0.1, 0.15) is 0 Å². The van der Waals surface area contributed by atoms with Crippen LogP contribution in [-0.4, -0.2) is 23.8 Å². The lowest BCUT2D eigenvalue weighted by molar-refractivity contribution is -0.146. The van der Waals surface area contributed by atoms with Crippen molar-refractivity contribution in [3.8, 4) is 0 Å². The molecule has 1 unspecified atom stereocenters. The molecule has 0 spiro atoms. The van der Waals surface area contributed by atoms with E-state index >= 15 is 0 Å². The molecule has 1 N–H and O–H groups in total. The summed E-state index contributed by atoms with van der Waals surface area (Å²) in [6, 6.07) is 0. The van der Waals surface area contributed by atoms with Crippen molar-refractivity contribution in [2.75, 3.05) is 6.61 Å². The Balaban J connectivity index is 4.07. The summed E-state index contributed by atoms with van der Waals surface area (Å²) in [5.74, 6) is -1.06. The van der Waals surface area contributed by atoms with Crippen LogP contribution in [0, 0.1) is 11.3 Å². The van der Waals surface area contributed by atoms with Crippen LogP contribution < -0.4 is 0 Å². The smallest absolute Gasteiger partial charge is 0.307 e. The van der Waals surface area contributed by atoms with Gasteiger partial charge in [-0.15, -0.1) is 0 Å². The largest absolute Gasteiger partial charge is 0.481 e. The SMILES string of the molecule is CC(C)OCCC(C(=O)O)C(C)(C)C. The molecular formula is C11H22O3. The van der Waals surface area contributed by atoms with Crippen molar-refractivity contribution in [3.05, 3.63) is 0 Å². The number of carboxylic acid groups (broad SMARTS) is 1. The molecule has 0 heterocycles. The molecule has 1 atom stereocenters. The number of aliphatic carboxylic acids is 1. The maximum Gasteiger partial charge on any atom is 0.307 e. The lowest BCUT2D eigenvalue weighted by Gasteiger charge is -2.27. The highest BCUT2D eigenvalue weighted by atomic mass is 16.5. The quantitative estimate of drug-likeness (QED) is 0.745. The molecule has 0 bridgehead atoms. The van der Waals surface area contributed by atoms with Crippen molar-refractivity contribution >= 4 is 5.97 Å². The predicted octanol–water partition coefficient (Wildman–Crippen LogP) is 2.55. The van der Waals surface area contributed by atoms with Gasteiger partial charge in [0.05, 0.1) is 12.0 Å². The zero-order chi connectivity index (χ0) is 11.4. The van der Waals surface area contributed by atoms with Crippen molar-refractivity contribution in [2.45, 2.75) is 47.1 Å². The molecule has 0 aliphatic carbocycles. The van der Waals surface area contributed by atoms with Crippen LogP contribution in [0.15, 0.2) is 0 Å². The third-order valence-electron chi connectivity index (χ3n) is 2.20. The van der Waals surface area contributed by atoms with Crippen LogP contribution in [0.4, 0.5) is 0 Å². The molecule has 14 heavy (non-hydrogen) atoms. The van der Waals surface area contributed by atoms with Crippen LogP contribution in [0.2, 0.25) is 0 Å². The van der Waals surface area contributed by atoms with Crippen LogP contribution >= 0.6 is 0 Å². The topological polar surface area (TPSA) is 46.5 Å². The highest BCUT2D eigenvalue weighted by Crippen LogP contribution is 2.28. The fourth-order valence-electron chi connectivity index (χ4n) is 1.35. The van der Waals surface area contributed by atoms with Crippen molar-refractivity contribution in [3.63, 3.8) is 0 Å². The second kappa shape index (κ2) is 5.35. The first-order valence-corrected chi connectivity index (χ1v) is 5.09. The van der Waals surface area contributed by atoms with E-state index in [1.54, 1.807) is 0 Å². The van der Waals surface area contributed by atoms with Gasteiger partial charge in [-0.1, -0.05) is 20.8 Å². The van der Waals surface area contributed by atoms with E-state index in [9.17, 15) is 4.79 Å². The molecule has 0 aromatic heterocycles. The maximum atomic E-state index is 11.0. The monoisotopic (exact) mass is 202 g/mol. The van der Waals surface area contributed by atoms with E-state index in [2.05, 4.69) is 0 Å². The molecule has 0 aromatic rings. The summed E-state index contributed by atoms with van der Waals surface area (Å²) in [7, 11) is 0. The van der Waals surface area contributed by atoms with Crippen molar-refractivity contribution in [2.24, 2.45) is 11.3 Å². The molecule has 0 saturated heterocycles. The van der Waals surface area contributed by atoms with E-state index in [0.717, 1.165) is 0 Å². The van der Waals surface area contributed by atoms with Crippen molar-refractivity contribution in [1.82, 2.24) is 0 Å². The lowest BCUT2D eigenvalue weighted by Crippen LogP contribution is -2.29. The van der Waals surface area contributed by atoms with Crippen molar-refractivity contribution < 1.29 is 14.6 Å². The Morgan fingerprint density at radius 1 is 1.36 bits per heavy atom. The number of hydrogen-bond donors (Lipinski definition) is 1. The Labute approximate surface area is 86.5 Å². The number of ether oxygens (including phenoxy) is 1. The third-order valence-corrected chi connectivity index (χ3v) is 2.20. The van der Waals surface area contributed by atoms with Gasteiger partial charge in [0, 0.05) is 6.61 Å². The van der Waals surface area contributed by atoms with Crippen LogP contribution in [0.5, 0.6) is 0 Å². The van der Waals surface area contributed by atoms with Gasteiger partial charge in [0.2, 0.25) is 0 Å². The summed E-state index contributed by atoms with van der Waals surface area (Å²) in [4.78, 5) is 11.0. The van der Waals surface area contributed by atoms with Crippen LogP contribution in [0.25, 0.3) is 0 Å². The molecule has 0 fully saturated rings. The fraction of sp³-hybridized carbons (Fsp3) is 0.909. The van der Waals surface area contributed by atoms with E-state index in [1.165, 1.54) is 0 Å². The second-order valence-corrected chi connectivity index (χ2v) is 4.97. The first kappa shape index (κ1) is 13.4. The number of carboxylic acids is 1. The van der Waals surface area contributed by atoms with Gasteiger partial charge in [-0.25, -0.2) is 0 Å².